The lowest BCUT2D eigenvalue weighted by Crippen LogP contribution is -2.59. The second kappa shape index (κ2) is 16.8. The molecule has 1 aromatic heterocycles. The highest BCUT2D eigenvalue weighted by Gasteiger charge is 2.62. The first-order chi connectivity index (χ1) is 28.0. The van der Waals surface area contributed by atoms with Crippen LogP contribution in [0.25, 0.3) is 10.9 Å². The molecular formula is C43H59N5O9S. The third-order valence-corrected chi connectivity index (χ3v) is 15.4. The zero-order valence-electron chi connectivity index (χ0n) is 33.8. The van der Waals surface area contributed by atoms with Crippen molar-refractivity contribution in [1.29, 1.82) is 0 Å². The van der Waals surface area contributed by atoms with Gasteiger partial charge in [0.1, 0.15) is 35.6 Å². The first-order valence-electron chi connectivity index (χ1n) is 21.9. The summed E-state index contributed by atoms with van der Waals surface area (Å²) in [4.78, 5) is 63.5. The van der Waals surface area contributed by atoms with Gasteiger partial charge in [-0.3, -0.25) is 19.1 Å². The number of amides is 4. The van der Waals surface area contributed by atoms with Crippen molar-refractivity contribution in [2.24, 2.45) is 17.8 Å². The second-order valence-corrected chi connectivity index (χ2v) is 19.5. The fourth-order valence-electron chi connectivity index (χ4n) is 10.2. The molecule has 3 heterocycles. The van der Waals surface area contributed by atoms with E-state index in [1.54, 1.807) is 0 Å². The Morgan fingerprint density at radius 2 is 1.69 bits per heavy atom. The lowest BCUT2D eigenvalue weighted by Gasteiger charge is -2.32. The maximum Gasteiger partial charge on any atom is 0.408 e. The van der Waals surface area contributed by atoms with Crippen molar-refractivity contribution in [2.45, 2.75) is 158 Å². The zero-order valence-corrected chi connectivity index (χ0v) is 34.7. The van der Waals surface area contributed by atoms with Crippen LogP contribution in [-0.4, -0.2) is 90.3 Å². The number of nitrogens with one attached hydrogen (secondary N) is 3. The smallest absolute Gasteiger partial charge is 0.408 e. The van der Waals surface area contributed by atoms with Gasteiger partial charge < -0.3 is 29.7 Å². The Balaban J connectivity index is 1.14. The Kier molecular flexibility index (Phi) is 11.8. The minimum atomic E-state index is -3.86. The molecule has 6 aliphatic rings. The highest BCUT2D eigenvalue weighted by Crippen LogP contribution is 2.47. The maximum atomic E-state index is 15.0. The largest absolute Gasteiger partial charge is 0.493 e. The van der Waals surface area contributed by atoms with Crippen LogP contribution < -0.4 is 24.8 Å². The number of carbonyl (C=O) groups is 4. The summed E-state index contributed by atoms with van der Waals surface area (Å²) in [5, 5.41) is 6.21. The third-order valence-electron chi connectivity index (χ3n) is 13.6. The molecule has 2 bridgehead atoms. The number of aromatic nitrogens is 1. The van der Waals surface area contributed by atoms with E-state index < -0.39 is 62.8 Å². The van der Waals surface area contributed by atoms with Gasteiger partial charge in [-0.05, 0) is 107 Å². The number of pyridine rings is 1. The molecule has 4 aliphatic carbocycles. The molecule has 0 spiro atoms. The zero-order chi connectivity index (χ0) is 40.6. The number of alkyl carbamates (subject to hydrolysis) is 1. The Hall–Kier alpha value is -4.14. The Morgan fingerprint density at radius 3 is 2.43 bits per heavy atom. The molecule has 14 nitrogen and oxygen atoms in total. The molecule has 58 heavy (non-hydrogen) atoms. The summed E-state index contributed by atoms with van der Waals surface area (Å²) in [6.07, 6.45) is 10.9. The summed E-state index contributed by atoms with van der Waals surface area (Å²) in [5.74, 6) is -0.755. The van der Waals surface area contributed by atoms with Crippen LogP contribution in [0.15, 0.2) is 24.3 Å². The number of rotatable bonds is 9. The predicted octanol–water partition coefficient (Wildman–Crippen LogP) is 5.45. The van der Waals surface area contributed by atoms with Crippen LogP contribution in [0.5, 0.6) is 11.6 Å². The van der Waals surface area contributed by atoms with E-state index in [4.69, 9.17) is 19.2 Å². The summed E-state index contributed by atoms with van der Waals surface area (Å²) in [7, 11) is -3.86. The number of benzene rings is 1. The highest BCUT2D eigenvalue weighted by atomic mass is 32.2. The van der Waals surface area contributed by atoms with Gasteiger partial charge in [-0.25, -0.2) is 18.2 Å². The molecule has 15 heteroatoms. The van der Waals surface area contributed by atoms with Crippen LogP contribution >= 0.6 is 0 Å². The Morgan fingerprint density at radius 1 is 0.948 bits per heavy atom. The minimum absolute atomic E-state index is 0.0337. The standard InChI is InChI=1S/C43H59N5O9S/c1-3-28-24-43(28,41(51)47-58(53,54)30-21-22-30)46-38(49)34-23-29-25-48(34)40(50)36(27-14-8-9-15-27)45-42(52)57-35-20-12-16-26(35)13-6-5-7-18-32-37(55-4-2)31-17-10-11-19-33(31)44-39(32)56-29/h10-11,17,19,26-30,34-36H,3-9,12-16,18,20-25H2,1-2H3,(H,45,52)(H,46,49)(H,47,51)/t26-,28-,29-,34+,35-,36+,43-/m1/s1. The van der Waals surface area contributed by atoms with E-state index in [0.717, 1.165) is 87.3 Å². The van der Waals surface area contributed by atoms with Crippen LogP contribution in [-0.2, 0) is 35.6 Å². The van der Waals surface area contributed by atoms with E-state index in [2.05, 4.69) is 15.4 Å². The molecule has 1 saturated heterocycles. The number of para-hydroxylation sites is 1. The molecule has 2 aromatic rings. The molecule has 7 atom stereocenters. The fraction of sp³-hybridized carbons (Fsp3) is 0.698. The molecule has 4 amide bonds. The van der Waals surface area contributed by atoms with Crippen molar-refractivity contribution in [3.05, 3.63) is 29.8 Å². The number of ether oxygens (including phenoxy) is 3. The average molecular weight is 822 g/mol. The molecular weight excluding hydrogens is 763 g/mol. The van der Waals surface area contributed by atoms with Crippen molar-refractivity contribution in [3.8, 4) is 11.6 Å². The van der Waals surface area contributed by atoms with E-state index >= 15 is 0 Å². The SMILES string of the molecule is CCOc1c2c(nc3ccccc13)O[C@@H]1C[C@@H](C(=O)N[C@]3(C(=O)NS(=O)(=O)C4CC4)C[C@H]3CC)N(C1)C(=O)[C@H](C1CCCC1)NC(=O)O[C@@H]1CCC[C@H]1CCCCC2. The summed E-state index contributed by atoms with van der Waals surface area (Å²) in [6, 6.07) is 5.79. The third kappa shape index (κ3) is 8.34. The van der Waals surface area contributed by atoms with Crippen LogP contribution in [0, 0.1) is 17.8 Å². The predicted molar refractivity (Wildman–Crippen MR) is 215 cm³/mol. The minimum Gasteiger partial charge on any atom is -0.493 e. The molecule has 0 unspecified atom stereocenters. The maximum absolute atomic E-state index is 15.0. The van der Waals surface area contributed by atoms with Crippen molar-refractivity contribution in [1.82, 2.24) is 25.2 Å². The molecule has 1 aromatic carbocycles. The van der Waals surface area contributed by atoms with Crippen molar-refractivity contribution >= 4 is 44.7 Å². The highest BCUT2D eigenvalue weighted by molar-refractivity contribution is 7.91. The van der Waals surface area contributed by atoms with Crippen molar-refractivity contribution < 1.29 is 41.8 Å². The molecule has 4 saturated carbocycles. The van der Waals surface area contributed by atoms with E-state index in [0.29, 0.717) is 43.7 Å². The van der Waals surface area contributed by atoms with Gasteiger partial charge in [0.2, 0.25) is 27.7 Å². The number of hydrogen-bond acceptors (Lipinski definition) is 10. The fourth-order valence-corrected chi connectivity index (χ4v) is 11.5. The van der Waals surface area contributed by atoms with E-state index in [1.165, 1.54) is 4.90 Å². The first-order valence-corrected chi connectivity index (χ1v) is 23.4. The van der Waals surface area contributed by atoms with Gasteiger partial charge in [-0.2, -0.15) is 0 Å². The van der Waals surface area contributed by atoms with Gasteiger partial charge in [0.15, 0.2) is 0 Å². The topological polar surface area (TPSA) is 182 Å². The van der Waals surface area contributed by atoms with Gasteiger partial charge >= 0.3 is 6.09 Å². The Labute approximate surface area is 341 Å². The summed E-state index contributed by atoms with van der Waals surface area (Å²) >= 11 is 0. The molecule has 316 valence electrons. The first kappa shape index (κ1) is 40.6. The number of carbonyl (C=O) groups excluding carboxylic acids is 4. The summed E-state index contributed by atoms with van der Waals surface area (Å²) in [6.45, 7) is 4.32. The van der Waals surface area contributed by atoms with Gasteiger partial charge in [0.05, 0.1) is 29.5 Å². The molecule has 3 N–H and O–H groups in total. The lowest BCUT2D eigenvalue weighted by atomic mass is 9.96. The van der Waals surface area contributed by atoms with Crippen molar-refractivity contribution in [2.75, 3.05) is 13.2 Å². The number of hydrogen-bond donors (Lipinski definition) is 3. The number of sulfonamides is 1. The number of fused-ring (bicyclic) bond motifs is 5. The quantitative estimate of drug-likeness (QED) is 0.295. The van der Waals surface area contributed by atoms with Crippen molar-refractivity contribution in [3.63, 3.8) is 0 Å². The normalized spacial score (nSPS) is 30.9. The van der Waals surface area contributed by atoms with Gasteiger partial charge in [-0.1, -0.05) is 51.2 Å². The van der Waals surface area contributed by atoms with E-state index in [1.807, 2.05) is 38.1 Å². The van der Waals surface area contributed by atoms with Crippen LogP contribution in [0.4, 0.5) is 4.79 Å². The molecule has 8 rings (SSSR count). The van der Waals surface area contributed by atoms with E-state index in [9.17, 15) is 27.6 Å². The summed E-state index contributed by atoms with van der Waals surface area (Å²) < 4.78 is 47.2. The molecule has 0 radical (unpaired) electrons. The lowest BCUT2D eigenvalue weighted by molar-refractivity contribution is -0.142. The van der Waals surface area contributed by atoms with Crippen LogP contribution in [0.1, 0.15) is 122 Å². The second-order valence-electron chi connectivity index (χ2n) is 17.5. The monoisotopic (exact) mass is 821 g/mol. The number of nitrogens with zero attached hydrogens (tertiary/aromatic N) is 2. The van der Waals surface area contributed by atoms with Crippen LogP contribution in [0.3, 0.4) is 0 Å². The molecule has 2 aliphatic heterocycles. The van der Waals surface area contributed by atoms with Gasteiger partial charge in [0, 0.05) is 11.8 Å². The van der Waals surface area contributed by atoms with Gasteiger partial charge in [-0.15, -0.1) is 0 Å². The average Bonchev–Trinajstić information content (AvgIpc) is 3.99. The molecule has 5 fully saturated rings. The van der Waals surface area contributed by atoms with Crippen LogP contribution in [0.2, 0.25) is 0 Å². The van der Waals surface area contributed by atoms with E-state index in [-0.39, 0.29) is 43.2 Å². The summed E-state index contributed by atoms with van der Waals surface area (Å²) in [5.41, 5.74) is 0.136. The van der Waals surface area contributed by atoms with Gasteiger partial charge in [0.25, 0.3) is 5.91 Å². The Bertz CT molecular complexity index is 2000.